The first kappa shape index (κ1) is 47.4. The lowest BCUT2D eigenvalue weighted by Gasteiger charge is -2.19. The molecule has 0 saturated carbocycles. The van der Waals surface area contributed by atoms with E-state index in [0.29, 0.717) is 18.4 Å². The average Bonchev–Trinajstić information content (AvgIpc) is 3.16. The second kappa shape index (κ2) is 22.2. The van der Waals surface area contributed by atoms with Gasteiger partial charge in [-0.1, -0.05) is 23.3 Å². The maximum atomic E-state index is 14.5. The fraction of sp³-hybridized carbons (Fsp3) is 0.425. The summed E-state index contributed by atoms with van der Waals surface area (Å²) in [4.78, 5) is 72.4. The number of carbonyl (C=O) groups is 4. The number of primary amides is 2. The second-order valence-electron chi connectivity index (χ2n) is 14.3. The minimum atomic E-state index is -1.04. The molecule has 3 aromatic rings. The van der Waals surface area contributed by atoms with Crippen molar-refractivity contribution >= 4 is 57.5 Å². The lowest BCUT2D eigenvalue weighted by atomic mass is 9.98. The molecule has 326 valence electrons. The highest BCUT2D eigenvalue weighted by molar-refractivity contribution is 5.98. The number of nitrogens with one attached hydrogen (secondary N) is 2. The minimum Gasteiger partial charge on any atom is -0.507 e. The first-order valence-electron chi connectivity index (χ1n) is 19.0. The van der Waals surface area contributed by atoms with E-state index in [2.05, 4.69) is 20.6 Å². The minimum absolute atomic E-state index is 0.0146. The number of nitrogens with zero attached hydrogens (tertiary/aromatic N) is 2. The molecule has 60 heavy (non-hydrogen) atoms. The van der Waals surface area contributed by atoms with Gasteiger partial charge >= 0.3 is 0 Å². The molecule has 0 radical (unpaired) electrons. The largest absolute Gasteiger partial charge is 0.507 e. The average molecular weight is 837 g/mol. The zero-order valence-electron chi connectivity index (χ0n) is 34.5. The molecule has 0 aliphatic heterocycles. The van der Waals surface area contributed by atoms with Crippen LogP contribution in [0.3, 0.4) is 0 Å². The summed E-state index contributed by atoms with van der Waals surface area (Å²) in [5.74, 6) is -3.39. The van der Waals surface area contributed by atoms with Gasteiger partial charge in [0.2, 0.25) is 17.2 Å². The van der Waals surface area contributed by atoms with E-state index in [0.717, 1.165) is 11.1 Å². The van der Waals surface area contributed by atoms with E-state index in [1.807, 2.05) is 33.8 Å². The number of carbonyl (C=O) groups excluding carboxylic acids is 4. The summed E-state index contributed by atoms with van der Waals surface area (Å²) in [5.41, 5.74) is 34.1. The smallest absolute Gasteiger partial charge is 0.258 e. The van der Waals surface area contributed by atoms with Crippen molar-refractivity contribution in [3.05, 3.63) is 56.8 Å². The van der Waals surface area contributed by atoms with Crippen molar-refractivity contribution in [3.8, 4) is 23.0 Å². The molecule has 2 aromatic carbocycles. The Morgan fingerprint density at radius 3 is 1.63 bits per heavy atom. The third kappa shape index (κ3) is 13.6. The van der Waals surface area contributed by atoms with Crippen molar-refractivity contribution in [1.82, 2.24) is 10.6 Å². The Labute approximate surface area is 346 Å². The van der Waals surface area contributed by atoms with Gasteiger partial charge in [0.05, 0.1) is 12.5 Å². The Hall–Kier alpha value is -6.99. The van der Waals surface area contributed by atoms with Crippen LogP contribution in [0.25, 0.3) is 21.9 Å². The van der Waals surface area contributed by atoms with Gasteiger partial charge in [-0.15, -0.1) is 0 Å². The summed E-state index contributed by atoms with van der Waals surface area (Å²) in [6.45, 7) is 6.70. The standard InChI is InChI=1S/C40H56N10O10/c1-20(2)10-12-22-26(58-18-30(51)49-24(37(41)55)8-6-14-47-39(43)44)16-28-33(34(22)53)35(54)32-23(13-11-21(3)4)36(57-5)29(17-27(32)60-28)59-19-31(52)50-25(38(42)56)9-7-15-48-40(45)46/h10-11,16-17,24-25,53H,6-9,12-15,18-19H2,1-5H3,(H2,41,55)(H2,42,56)(H,49,51)(H,50,52)(H4,43,44,47)(H4,45,46,48)/t24-,25-/m0/s1. The Balaban J connectivity index is 2.09. The molecule has 20 heteroatoms. The van der Waals surface area contributed by atoms with E-state index in [1.54, 1.807) is 6.08 Å². The van der Waals surface area contributed by atoms with Crippen molar-refractivity contribution in [2.75, 3.05) is 33.4 Å². The number of methoxy groups -OCH3 is 1. The molecule has 4 amide bonds. The molecule has 0 aliphatic carbocycles. The van der Waals surface area contributed by atoms with Gasteiger partial charge < -0.3 is 68.8 Å². The number of hydrogen-bond donors (Lipinski definition) is 9. The monoisotopic (exact) mass is 836 g/mol. The van der Waals surface area contributed by atoms with Crippen LogP contribution in [0.2, 0.25) is 0 Å². The number of allylic oxidation sites excluding steroid dienone is 4. The number of amides is 4. The number of fused-ring (bicyclic) bond motifs is 2. The fourth-order valence-corrected chi connectivity index (χ4v) is 6.00. The number of rotatable bonds is 23. The van der Waals surface area contributed by atoms with Crippen molar-refractivity contribution in [2.24, 2.45) is 44.4 Å². The highest BCUT2D eigenvalue weighted by atomic mass is 16.5. The molecular formula is C40H56N10O10. The molecule has 0 aliphatic rings. The summed E-state index contributed by atoms with van der Waals surface area (Å²) in [7, 11) is 1.37. The summed E-state index contributed by atoms with van der Waals surface area (Å²) in [6, 6.07) is 0.675. The van der Waals surface area contributed by atoms with Gasteiger partial charge in [0.25, 0.3) is 11.8 Å². The number of ether oxygens (including phenoxy) is 3. The quantitative estimate of drug-likeness (QED) is 0.0206. The maximum absolute atomic E-state index is 14.5. The molecular weight excluding hydrogens is 780 g/mol. The van der Waals surface area contributed by atoms with Gasteiger partial charge in [-0.05, 0) is 66.2 Å². The van der Waals surface area contributed by atoms with Gasteiger partial charge in [0, 0.05) is 36.3 Å². The molecule has 2 atom stereocenters. The van der Waals surface area contributed by atoms with Crippen molar-refractivity contribution in [2.45, 2.75) is 78.3 Å². The summed E-state index contributed by atoms with van der Waals surface area (Å²) >= 11 is 0. The van der Waals surface area contributed by atoms with Crippen LogP contribution >= 0.6 is 0 Å². The third-order valence-corrected chi connectivity index (χ3v) is 8.91. The number of aromatic hydroxyl groups is 1. The summed E-state index contributed by atoms with van der Waals surface area (Å²) in [5, 5.41) is 16.7. The topological polar surface area (TPSA) is 351 Å². The SMILES string of the molecule is COc1c(OCC(=O)N[C@@H](CCCN=C(N)N)C(N)=O)cc2oc3cc(OCC(=O)N[C@@H](CCCN=C(N)N)C(N)=O)c(CC=C(C)C)c(O)c3c(=O)c2c1CC=C(C)C. The van der Waals surface area contributed by atoms with E-state index in [4.69, 9.17) is 53.0 Å². The zero-order chi connectivity index (χ0) is 44.7. The van der Waals surface area contributed by atoms with Crippen molar-refractivity contribution in [3.63, 3.8) is 0 Å². The van der Waals surface area contributed by atoms with Crippen LogP contribution in [0.5, 0.6) is 23.0 Å². The zero-order valence-corrected chi connectivity index (χ0v) is 34.5. The van der Waals surface area contributed by atoms with E-state index in [-0.39, 0.29) is 95.4 Å². The predicted molar refractivity (Wildman–Crippen MR) is 228 cm³/mol. The lowest BCUT2D eigenvalue weighted by Crippen LogP contribution is -2.46. The molecule has 1 aromatic heterocycles. The van der Waals surface area contributed by atoms with Crippen molar-refractivity contribution in [1.29, 1.82) is 0 Å². The highest BCUT2D eigenvalue weighted by Gasteiger charge is 2.26. The first-order valence-corrected chi connectivity index (χ1v) is 19.0. The highest BCUT2D eigenvalue weighted by Crippen LogP contribution is 2.41. The number of hydrogen-bond acceptors (Lipinski definition) is 12. The molecule has 0 saturated heterocycles. The maximum Gasteiger partial charge on any atom is 0.258 e. The van der Waals surface area contributed by atoms with Gasteiger partial charge in [-0.3, -0.25) is 34.0 Å². The van der Waals surface area contributed by atoms with Crippen LogP contribution in [0, 0.1) is 0 Å². The second-order valence-corrected chi connectivity index (χ2v) is 14.3. The summed E-state index contributed by atoms with van der Waals surface area (Å²) in [6.07, 6.45) is 4.97. The third-order valence-electron chi connectivity index (χ3n) is 8.91. The van der Waals surface area contributed by atoms with Gasteiger partial charge in [-0.25, -0.2) is 0 Å². The van der Waals surface area contributed by atoms with Crippen LogP contribution in [0.1, 0.15) is 64.5 Å². The Kier molecular flexibility index (Phi) is 17.6. The predicted octanol–water partition coefficient (Wildman–Crippen LogP) is 0.483. The molecule has 0 unspecified atom stereocenters. The van der Waals surface area contributed by atoms with Crippen molar-refractivity contribution < 1.29 is 42.9 Å². The van der Waals surface area contributed by atoms with Gasteiger partial charge in [-0.2, -0.15) is 0 Å². The number of aliphatic imine (C=N–C) groups is 2. The van der Waals surface area contributed by atoms with Gasteiger partial charge in [0.15, 0.2) is 36.6 Å². The number of benzene rings is 2. The molecule has 20 nitrogen and oxygen atoms in total. The van der Waals surface area contributed by atoms with Crippen LogP contribution in [0.4, 0.5) is 0 Å². The van der Waals surface area contributed by atoms with Gasteiger partial charge in [0.1, 0.15) is 40.1 Å². The van der Waals surface area contributed by atoms with Crippen LogP contribution in [0.15, 0.2) is 54.6 Å². The van der Waals surface area contributed by atoms with E-state index >= 15 is 0 Å². The molecule has 0 spiro atoms. The molecule has 1 heterocycles. The molecule has 0 fully saturated rings. The summed E-state index contributed by atoms with van der Waals surface area (Å²) < 4.78 is 23.8. The van der Waals surface area contributed by atoms with E-state index < -0.39 is 60.1 Å². The van der Waals surface area contributed by atoms with E-state index in [9.17, 15) is 29.1 Å². The number of nitrogens with two attached hydrogens (primary N) is 6. The number of guanidine groups is 2. The normalized spacial score (nSPS) is 11.8. The van der Waals surface area contributed by atoms with E-state index in [1.165, 1.54) is 19.2 Å². The first-order chi connectivity index (χ1) is 28.3. The van der Waals surface area contributed by atoms with Crippen LogP contribution < -0.4 is 64.7 Å². The van der Waals surface area contributed by atoms with Crippen LogP contribution in [-0.2, 0) is 32.0 Å². The fourth-order valence-electron chi connectivity index (χ4n) is 6.00. The Bertz CT molecular complexity index is 2250. The number of phenolic OH excluding ortho intramolecular Hbond substituents is 1. The Morgan fingerprint density at radius 1 is 0.733 bits per heavy atom. The lowest BCUT2D eigenvalue weighted by molar-refractivity contribution is -0.128. The molecule has 3 rings (SSSR count). The molecule has 15 N–H and O–H groups in total. The molecule has 0 bridgehead atoms. The van der Waals surface area contributed by atoms with Crippen LogP contribution in [-0.4, -0.2) is 86.2 Å². The Morgan fingerprint density at radius 2 is 1.18 bits per heavy atom. The number of phenols is 1.